The van der Waals surface area contributed by atoms with Crippen LogP contribution in [0.2, 0.25) is 10.0 Å². The number of nitrogens with one attached hydrogen (secondary N) is 1. The fourth-order valence-corrected chi connectivity index (χ4v) is 10.0. The van der Waals surface area contributed by atoms with Gasteiger partial charge in [0.25, 0.3) is 0 Å². The summed E-state index contributed by atoms with van der Waals surface area (Å²) in [5.74, 6) is 1.47. The maximum atomic E-state index is 11.7. The number of rotatable bonds is 11. The van der Waals surface area contributed by atoms with Crippen molar-refractivity contribution in [3.05, 3.63) is 70.2 Å². The van der Waals surface area contributed by atoms with Crippen molar-refractivity contribution in [2.24, 2.45) is 5.41 Å². The van der Waals surface area contributed by atoms with Crippen LogP contribution in [0.3, 0.4) is 0 Å². The lowest BCUT2D eigenvalue weighted by Crippen LogP contribution is -2.67. The van der Waals surface area contributed by atoms with Crippen molar-refractivity contribution in [3.63, 3.8) is 0 Å². The van der Waals surface area contributed by atoms with E-state index in [0.29, 0.717) is 75.0 Å². The van der Waals surface area contributed by atoms with Crippen LogP contribution in [-0.4, -0.2) is 84.0 Å². The molecular formula is C35H36Cl2N6O5S. The van der Waals surface area contributed by atoms with E-state index in [4.69, 9.17) is 42.6 Å². The predicted molar refractivity (Wildman–Crippen MR) is 188 cm³/mol. The zero-order chi connectivity index (χ0) is 34.3. The molecule has 14 heteroatoms. The molecule has 3 aliphatic heterocycles. The van der Waals surface area contributed by atoms with E-state index in [2.05, 4.69) is 20.2 Å². The number of carbonyl (C=O) groups excluding carboxylic acids is 1. The second-order valence-corrected chi connectivity index (χ2v) is 15.9. The van der Waals surface area contributed by atoms with E-state index in [1.54, 1.807) is 26.6 Å². The summed E-state index contributed by atoms with van der Waals surface area (Å²) in [6.45, 7) is 1.96. The molecule has 1 N–H and O–H groups in total. The third-order valence-electron chi connectivity index (χ3n) is 9.44. The first-order valence-electron chi connectivity index (χ1n) is 16.2. The van der Waals surface area contributed by atoms with Crippen molar-refractivity contribution in [2.45, 2.75) is 44.7 Å². The van der Waals surface area contributed by atoms with Gasteiger partial charge < -0.3 is 14.8 Å². The van der Waals surface area contributed by atoms with Gasteiger partial charge in [-0.15, -0.1) is 0 Å². The Morgan fingerprint density at radius 2 is 1.43 bits per heavy atom. The molecule has 0 unspecified atom stereocenters. The van der Waals surface area contributed by atoms with Gasteiger partial charge in [-0.05, 0) is 25.7 Å². The van der Waals surface area contributed by atoms with Gasteiger partial charge in [-0.1, -0.05) is 59.6 Å². The standard InChI is InChI=1S/C35H36Cl2N6O5S/c1-47-33-26(11-3-6-21-12-13-30(44)40-21)38-14-27(41-33)24-9-4-7-22(31(24)36)23-8-5-10-25(32(23)37)28-15-39-29(34(42-28)48-2)16-43-17-35(18-43)19-49(45,46)20-35/h4-5,7-10,14-15,21H,3,6,11-13,16-20H2,1-2H3,(H,40,44)/t21-/m1/s1. The van der Waals surface area contributed by atoms with E-state index in [1.165, 1.54) is 0 Å². The van der Waals surface area contributed by atoms with Crippen LogP contribution in [0.5, 0.6) is 11.8 Å². The maximum Gasteiger partial charge on any atom is 0.237 e. The minimum atomic E-state index is -2.87. The molecule has 0 saturated carbocycles. The van der Waals surface area contributed by atoms with Gasteiger partial charge >= 0.3 is 0 Å². The van der Waals surface area contributed by atoms with Gasteiger partial charge in [-0.2, -0.15) is 0 Å². The Balaban J connectivity index is 1.09. The number of hydrogen-bond acceptors (Lipinski definition) is 10. The van der Waals surface area contributed by atoms with Crippen LogP contribution in [0, 0.1) is 5.41 Å². The smallest absolute Gasteiger partial charge is 0.237 e. The number of carbonyl (C=O) groups is 1. The maximum absolute atomic E-state index is 11.7. The molecule has 1 amide bonds. The number of ether oxygens (including phenoxy) is 2. The van der Waals surface area contributed by atoms with E-state index in [1.807, 2.05) is 36.4 Å². The summed E-state index contributed by atoms with van der Waals surface area (Å²) in [6.07, 6.45) is 7.25. The molecule has 4 aromatic rings. The normalized spacial score (nSPS) is 19.3. The van der Waals surface area contributed by atoms with Crippen LogP contribution < -0.4 is 14.8 Å². The fraction of sp³-hybridized carbons (Fsp3) is 0.400. The van der Waals surface area contributed by atoms with Crippen molar-refractivity contribution >= 4 is 38.9 Å². The van der Waals surface area contributed by atoms with Crippen molar-refractivity contribution in [3.8, 4) is 45.4 Å². The summed E-state index contributed by atoms with van der Waals surface area (Å²) >= 11 is 14.1. The first-order chi connectivity index (χ1) is 23.6. The molecule has 256 valence electrons. The van der Waals surface area contributed by atoms with E-state index < -0.39 is 9.84 Å². The van der Waals surface area contributed by atoms with E-state index in [0.717, 1.165) is 43.6 Å². The summed E-state index contributed by atoms with van der Waals surface area (Å²) in [7, 11) is 0.256. The molecule has 0 radical (unpaired) electrons. The second kappa shape index (κ2) is 13.5. The lowest BCUT2D eigenvalue weighted by molar-refractivity contribution is -0.119. The van der Waals surface area contributed by atoms with Gasteiger partial charge in [0.15, 0.2) is 9.84 Å². The Morgan fingerprint density at radius 3 is 1.96 bits per heavy atom. The Morgan fingerprint density at radius 1 is 0.878 bits per heavy atom. The molecule has 0 aliphatic carbocycles. The van der Waals surface area contributed by atoms with Crippen molar-refractivity contribution < 1.29 is 22.7 Å². The minimum Gasteiger partial charge on any atom is -0.480 e. The number of aromatic nitrogens is 4. The zero-order valence-electron chi connectivity index (χ0n) is 27.2. The average Bonchev–Trinajstić information content (AvgIpc) is 3.48. The number of methoxy groups -OCH3 is 2. The molecule has 3 aliphatic rings. The van der Waals surface area contributed by atoms with Crippen molar-refractivity contribution in [1.82, 2.24) is 30.2 Å². The molecular weight excluding hydrogens is 687 g/mol. The predicted octanol–water partition coefficient (Wildman–Crippen LogP) is 5.42. The molecule has 3 saturated heterocycles. The van der Waals surface area contributed by atoms with Gasteiger partial charge in [0.2, 0.25) is 17.7 Å². The van der Waals surface area contributed by atoms with Crippen LogP contribution in [-0.2, 0) is 27.6 Å². The highest BCUT2D eigenvalue weighted by molar-refractivity contribution is 7.92. The number of hydrogen-bond donors (Lipinski definition) is 1. The molecule has 1 atom stereocenters. The quantitative estimate of drug-likeness (QED) is 0.214. The van der Waals surface area contributed by atoms with Crippen LogP contribution in [0.1, 0.15) is 37.1 Å². The number of nitrogens with zero attached hydrogens (tertiary/aromatic N) is 5. The second-order valence-electron chi connectivity index (χ2n) is 13.1. The van der Waals surface area contributed by atoms with E-state index in [9.17, 15) is 13.2 Å². The van der Waals surface area contributed by atoms with Gasteiger partial charge in [-0.3, -0.25) is 19.7 Å². The highest BCUT2D eigenvalue weighted by Gasteiger charge is 2.55. The van der Waals surface area contributed by atoms with Crippen LogP contribution >= 0.6 is 23.2 Å². The SMILES string of the molecule is COc1nc(-c2cccc(-c3cccc(-c4cnc(CN5CC6(C5)CS(=O)(=O)C6)c(OC)n4)c3Cl)c2Cl)cnc1CCC[C@@H]1CCC(=O)N1. The molecule has 1 spiro atoms. The lowest BCUT2D eigenvalue weighted by atomic mass is 9.83. The summed E-state index contributed by atoms with van der Waals surface area (Å²) in [4.78, 5) is 32.5. The van der Waals surface area contributed by atoms with Gasteiger partial charge in [-0.25, -0.2) is 18.4 Å². The first-order valence-corrected chi connectivity index (χ1v) is 18.7. The highest BCUT2D eigenvalue weighted by atomic mass is 35.5. The minimum absolute atomic E-state index is 0.106. The van der Waals surface area contributed by atoms with Gasteiger partial charge in [0.1, 0.15) is 11.4 Å². The van der Waals surface area contributed by atoms with E-state index >= 15 is 0 Å². The van der Waals surface area contributed by atoms with Crippen LogP contribution in [0.15, 0.2) is 48.8 Å². The number of aryl methyl sites for hydroxylation is 1. The molecule has 2 aromatic heterocycles. The number of halogens is 2. The summed E-state index contributed by atoms with van der Waals surface area (Å²) < 4.78 is 34.6. The number of amides is 1. The average molecular weight is 724 g/mol. The van der Waals surface area contributed by atoms with E-state index in [-0.39, 0.29) is 28.9 Å². The van der Waals surface area contributed by atoms with Crippen molar-refractivity contribution in [2.75, 3.05) is 38.8 Å². The number of sulfone groups is 1. The zero-order valence-corrected chi connectivity index (χ0v) is 29.5. The largest absolute Gasteiger partial charge is 0.480 e. The Bertz CT molecular complexity index is 2030. The third-order valence-corrected chi connectivity index (χ3v) is 12.4. The summed E-state index contributed by atoms with van der Waals surface area (Å²) in [5.41, 5.74) is 5.23. The number of benzene rings is 2. The molecule has 11 nitrogen and oxygen atoms in total. The summed E-state index contributed by atoms with van der Waals surface area (Å²) in [6, 6.07) is 11.6. The Labute approximate surface area is 295 Å². The molecule has 0 bridgehead atoms. The molecule has 5 heterocycles. The Kier molecular flexibility index (Phi) is 9.25. The van der Waals surface area contributed by atoms with Crippen LogP contribution in [0.25, 0.3) is 33.6 Å². The van der Waals surface area contributed by atoms with Crippen molar-refractivity contribution in [1.29, 1.82) is 0 Å². The molecule has 3 fully saturated rings. The first kappa shape index (κ1) is 33.6. The monoisotopic (exact) mass is 722 g/mol. The highest BCUT2D eigenvalue weighted by Crippen LogP contribution is 2.44. The third kappa shape index (κ3) is 6.84. The van der Waals surface area contributed by atoms with Crippen LogP contribution in [0.4, 0.5) is 0 Å². The van der Waals surface area contributed by atoms with Gasteiger partial charge in [0, 0.05) is 59.8 Å². The topological polar surface area (TPSA) is 137 Å². The lowest BCUT2D eigenvalue weighted by Gasteiger charge is -2.54. The Hall–Kier alpha value is -3.84. The molecule has 2 aromatic carbocycles. The van der Waals surface area contributed by atoms with Gasteiger partial charge in [0.05, 0.1) is 59.6 Å². The summed E-state index contributed by atoms with van der Waals surface area (Å²) in [5, 5.41) is 3.93. The fourth-order valence-electron chi connectivity index (χ4n) is 7.25. The molecule has 49 heavy (non-hydrogen) atoms. The number of likely N-dealkylation sites (tertiary alicyclic amines) is 1. The molecule has 7 rings (SSSR count).